The molecule has 4 heterocycles. The number of nitrogens with zero attached hydrogens (tertiary/aromatic N) is 5. The minimum absolute atomic E-state index is 0.276. The molecule has 0 aliphatic carbocycles. The first kappa shape index (κ1) is 17.2. The number of hydrogen-bond donors (Lipinski definition) is 0. The van der Waals surface area contributed by atoms with E-state index in [-0.39, 0.29) is 5.91 Å². The third kappa shape index (κ3) is 3.65. The molecule has 6 nitrogen and oxygen atoms in total. The number of aryl methyl sites for hydroxylation is 1. The van der Waals surface area contributed by atoms with Crippen LogP contribution < -0.4 is 0 Å². The number of pyridine rings is 1. The number of rotatable bonds is 4. The molecule has 26 heavy (non-hydrogen) atoms. The number of carbonyl (C=O) groups excluding carboxylic acids is 1. The van der Waals surface area contributed by atoms with Crippen LogP contribution in [-0.4, -0.2) is 63.0 Å². The smallest absolute Gasteiger partial charge is 0.236 e. The average Bonchev–Trinajstić information content (AvgIpc) is 3.33. The molecule has 0 bridgehead atoms. The summed E-state index contributed by atoms with van der Waals surface area (Å²) in [5.74, 6) is 2.42. The number of aromatic nitrogens is 3. The molecule has 1 unspecified atom stereocenters. The highest BCUT2D eigenvalue weighted by atomic mass is 16.2. The monoisotopic (exact) mass is 353 g/mol. The average molecular weight is 353 g/mol. The summed E-state index contributed by atoms with van der Waals surface area (Å²) in [5.41, 5.74) is 1.08. The Labute approximate surface area is 154 Å². The van der Waals surface area contributed by atoms with Gasteiger partial charge in [-0.2, -0.15) is 0 Å². The van der Waals surface area contributed by atoms with Gasteiger partial charge in [0, 0.05) is 37.1 Å². The Morgan fingerprint density at radius 2 is 2.04 bits per heavy atom. The molecule has 0 N–H and O–H groups in total. The van der Waals surface area contributed by atoms with Crippen LogP contribution in [0.5, 0.6) is 0 Å². The summed E-state index contributed by atoms with van der Waals surface area (Å²) in [4.78, 5) is 26.2. The summed E-state index contributed by atoms with van der Waals surface area (Å²) in [5, 5.41) is 0. The van der Waals surface area contributed by atoms with Gasteiger partial charge in [0.05, 0.1) is 6.54 Å². The van der Waals surface area contributed by atoms with Gasteiger partial charge in [0.2, 0.25) is 5.91 Å². The van der Waals surface area contributed by atoms with Gasteiger partial charge < -0.3 is 4.90 Å². The molecule has 2 fully saturated rings. The first-order valence-electron chi connectivity index (χ1n) is 9.68. The van der Waals surface area contributed by atoms with Gasteiger partial charge in [0.1, 0.15) is 11.6 Å². The molecule has 0 saturated carbocycles. The Kier molecular flexibility index (Phi) is 5.02. The fraction of sp³-hybridized carbons (Fsp3) is 0.550. The molecule has 0 radical (unpaired) electrons. The van der Waals surface area contributed by atoms with E-state index in [1.807, 2.05) is 28.7 Å². The molecule has 1 amide bonds. The lowest BCUT2D eigenvalue weighted by molar-refractivity contribution is -0.133. The summed E-state index contributed by atoms with van der Waals surface area (Å²) in [6.45, 7) is 6.35. The van der Waals surface area contributed by atoms with E-state index in [0.717, 1.165) is 56.4 Å². The highest BCUT2D eigenvalue weighted by Gasteiger charge is 2.27. The molecular weight excluding hydrogens is 326 g/mol. The lowest BCUT2D eigenvalue weighted by Gasteiger charge is -2.33. The molecule has 0 aromatic carbocycles. The summed E-state index contributed by atoms with van der Waals surface area (Å²) in [6.07, 6.45) is 8.32. The van der Waals surface area contributed by atoms with Crippen LogP contribution in [0.3, 0.4) is 0 Å². The van der Waals surface area contributed by atoms with Crippen LogP contribution in [0.25, 0.3) is 5.82 Å². The Morgan fingerprint density at radius 3 is 2.81 bits per heavy atom. The van der Waals surface area contributed by atoms with Crippen LogP contribution in [0, 0.1) is 6.92 Å². The number of imidazole rings is 1. The van der Waals surface area contributed by atoms with Crippen LogP contribution >= 0.6 is 0 Å². The number of hydrogen-bond acceptors (Lipinski definition) is 4. The molecule has 2 aromatic rings. The molecule has 2 saturated heterocycles. The molecule has 2 aliphatic rings. The SMILES string of the molecule is Cc1nccn1-c1cccc(C2CCCN(C(=O)CN3CCCC3)C2)n1. The number of likely N-dealkylation sites (tertiary alicyclic amines) is 2. The van der Waals surface area contributed by atoms with Gasteiger partial charge in [-0.1, -0.05) is 6.07 Å². The van der Waals surface area contributed by atoms with E-state index in [1.54, 1.807) is 6.20 Å². The normalized spacial score (nSPS) is 21.3. The predicted octanol–water partition coefficient (Wildman–Crippen LogP) is 2.38. The molecule has 4 rings (SSSR count). The summed E-state index contributed by atoms with van der Waals surface area (Å²) in [6, 6.07) is 6.16. The first-order valence-corrected chi connectivity index (χ1v) is 9.68. The minimum atomic E-state index is 0.276. The first-order chi connectivity index (χ1) is 12.7. The van der Waals surface area contributed by atoms with Crippen molar-refractivity contribution in [1.82, 2.24) is 24.3 Å². The second kappa shape index (κ2) is 7.58. The van der Waals surface area contributed by atoms with Gasteiger partial charge in [-0.3, -0.25) is 14.3 Å². The molecule has 138 valence electrons. The summed E-state index contributed by atoms with van der Waals surface area (Å²) >= 11 is 0. The van der Waals surface area contributed by atoms with Crippen molar-refractivity contribution < 1.29 is 4.79 Å². The maximum absolute atomic E-state index is 12.7. The lowest BCUT2D eigenvalue weighted by atomic mass is 9.94. The van der Waals surface area contributed by atoms with Crippen LogP contribution in [0.15, 0.2) is 30.6 Å². The summed E-state index contributed by atoms with van der Waals surface area (Å²) < 4.78 is 2.00. The van der Waals surface area contributed by atoms with Crippen LogP contribution in [0.1, 0.15) is 43.1 Å². The zero-order chi connectivity index (χ0) is 17.9. The Hall–Kier alpha value is -2.21. The van der Waals surface area contributed by atoms with Crippen molar-refractivity contribution in [3.8, 4) is 5.82 Å². The molecule has 2 aromatic heterocycles. The topological polar surface area (TPSA) is 54.3 Å². The Bertz CT molecular complexity index is 765. The van der Waals surface area contributed by atoms with Crippen molar-refractivity contribution in [2.24, 2.45) is 0 Å². The van der Waals surface area contributed by atoms with E-state index in [9.17, 15) is 4.79 Å². The van der Waals surface area contributed by atoms with Crippen molar-refractivity contribution in [3.63, 3.8) is 0 Å². The highest BCUT2D eigenvalue weighted by molar-refractivity contribution is 5.78. The van der Waals surface area contributed by atoms with Gasteiger partial charge in [0.15, 0.2) is 0 Å². The molecule has 6 heteroatoms. The maximum atomic E-state index is 12.7. The van der Waals surface area contributed by atoms with Crippen LogP contribution in [-0.2, 0) is 4.79 Å². The van der Waals surface area contributed by atoms with Crippen molar-refractivity contribution in [2.45, 2.75) is 38.5 Å². The van der Waals surface area contributed by atoms with E-state index >= 15 is 0 Å². The third-order valence-electron chi connectivity index (χ3n) is 5.58. The Balaban J connectivity index is 1.46. The van der Waals surface area contributed by atoms with E-state index < -0.39 is 0 Å². The maximum Gasteiger partial charge on any atom is 0.236 e. The molecule has 0 spiro atoms. The predicted molar refractivity (Wildman–Crippen MR) is 100 cm³/mol. The lowest BCUT2D eigenvalue weighted by Crippen LogP contribution is -2.44. The Morgan fingerprint density at radius 1 is 1.19 bits per heavy atom. The summed E-state index contributed by atoms with van der Waals surface area (Å²) in [7, 11) is 0. The highest BCUT2D eigenvalue weighted by Crippen LogP contribution is 2.26. The molecule has 1 atom stereocenters. The fourth-order valence-corrected chi connectivity index (χ4v) is 4.10. The van der Waals surface area contributed by atoms with Crippen molar-refractivity contribution in [3.05, 3.63) is 42.1 Å². The zero-order valence-electron chi connectivity index (χ0n) is 15.5. The number of carbonyl (C=O) groups is 1. The number of amides is 1. The largest absolute Gasteiger partial charge is 0.341 e. The van der Waals surface area contributed by atoms with E-state index in [2.05, 4.69) is 22.0 Å². The fourth-order valence-electron chi connectivity index (χ4n) is 4.10. The standard InChI is InChI=1S/C20H27N5O/c1-16-21-9-13-25(16)19-8-4-7-18(22-19)17-6-5-12-24(14-17)20(26)15-23-10-2-3-11-23/h4,7-9,13,17H,2-3,5-6,10-12,14-15H2,1H3. The molecular formula is C20H27N5O. The van der Waals surface area contributed by atoms with Gasteiger partial charge in [-0.15, -0.1) is 0 Å². The zero-order valence-corrected chi connectivity index (χ0v) is 15.5. The third-order valence-corrected chi connectivity index (χ3v) is 5.58. The van der Waals surface area contributed by atoms with Gasteiger partial charge >= 0.3 is 0 Å². The quantitative estimate of drug-likeness (QED) is 0.847. The van der Waals surface area contributed by atoms with Crippen molar-refractivity contribution in [1.29, 1.82) is 0 Å². The van der Waals surface area contributed by atoms with E-state index in [4.69, 9.17) is 4.98 Å². The number of piperidine rings is 1. The van der Waals surface area contributed by atoms with Gasteiger partial charge in [-0.05, 0) is 57.8 Å². The van der Waals surface area contributed by atoms with Crippen LogP contribution in [0.4, 0.5) is 0 Å². The van der Waals surface area contributed by atoms with E-state index in [1.165, 1.54) is 12.8 Å². The van der Waals surface area contributed by atoms with Crippen molar-refractivity contribution in [2.75, 3.05) is 32.7 Å². The second-order valence-corrected chi connectivity index (χ2v) is 7.43. The molecule has 2 aliphatic heterocycles. The van der Waals surface area contributed by atoms with Gasteiger partial charge in [-0.25, -0.2) is 9.97 Å². The van der Waals surface area contributed by atoms with Gasteiger partial charge in [0.25, 0.3) is 0 Å². The minimum Gasteiger partial charge on any atom is -0.341 e. The van der Waals surface area contributed by atoms with Crippen LogP contribution in [0.2, 0.25) is 0 Å². The van der Waals surface area contributed by atoms with E-state index in [0.29, 0.717) is 12.5 Å². The second-order valence-electron chi connectivity index (χ2n) is 7.43. The van der Waals surface area contributed by atoms with Crippen molar-refractivity contribution >= 4 is 5.91 Å².